The summed E-state index contributed by atoms with van der Waals surface area (Å²) in [5.41, 5.74) is 2.76. The van der Waals surface area contributed by atoms with E-state index >= 15 is 0 Å². The number of halogens is 3. The standard InChI is InChI=1S/C26H27F3N4O3S/c1-16-14-18(2-4-20(16)23-31-25(34)36-32-23)7-11-33(10-6-17-8-12-35-13-9-17)24-30-21-5-3-19(26(27,28)29)15-22(21)37-24/h2-5,14-15,17H,6-13H2,1H3,(H,31,32,34). The molecule has 0 saturated carbocycles. The highest BCUT2D eigenvalue weighted by molar-refractivity contribution is 7.22. The summed E-state index contributed by atoms with van der Waals surface area (Å²) in [6, 6.07) is 9.66. The number of hydrogen-bond donors (Lipinski definition) is 1. The van der Waals surface area contributed by atoms with E-state index in [1.54, 1.807) is 0 Å². The Morgan fingerprint density at radius 1 is 1.14 bits per heavy atom. The number of anilines is 1. The molecule has 11 heteroatoms. The Labute approximate surface area is 215 Å². The van der Waals surface area contributed by atoms with E-state index in [0.717, 1.165) is 73.3 Å². The molecule has 0 radical (unpaired) electrons. The third-order valence-corrected chi connectivity index (χ3v) is 7.86. The molecule has 1 aliphatic rings. The third kappa shape index (κ3) is 6.04. The Morgan fingerprint density at radius 3 is 2.65 bits per heavy atom. The Morgan fingerprint density at radius 2 is 1.95 bits per heavy atom. The Bertz CT molecular complexity index is 1420. The van der Waals surface area contributed by atoms with Crippen molar-refractivity contribution in [2.45, 2.75) is 38.8 Å². The normalized spacial score (nSPS) is 14.9. The number of nitrogens with zero attached hydrogens (tertiary/aromatic N) is 3. The first-order valence-corrected chi connectivity index (χ1v) is 13.0. The second-order valence-electron chi connectivity index (χ2n) is 9.35. The van der Waals surface area contributed by atoms with Crippen molar-refractivity contribution in [2.24, 2.45) is 5.92 Å². The van der Waals surface area contributed by atoms with Crippen LogP contribution in [0, 0.1) is 12.8 Å². The summed E-state index contributed by atoms with van der Waals surface area (Å²) in [7, 11) is 0. The van der Waals surface area contributed by atoms with Gasteiger partial charge in [0.05, 0.1) is 15.8 Å². The summed E-state index contributed by atoms with van der Waals surface area (Å²) in [4.78, 5) is 20.7. The summed E-state index contributed by atoms with van der Waals surface area (Å²) in [5.74, 6) is 0.352. The van der Waals surface area contributed by atoms with Crippen LogP contribution in [0.3, 0.4) is 0 Å². The molecule has 7 nitrogen and oxygen atoms in total. The number of alkyl halides is 3. The van der Waals surface area contributed by atoms with Crippen LogP contribution in [0.25, 0.3) is 21.6 Å². The van der Waals surface area contributed by atoms with Crippen LogP contribution in [0.15, 0.2) is 45.7 Å². The molecule has 1 fully saturated rings. The van der Waals surface area contributed by atoms with Crippen molar-refractivity contribution in [1.29, 1.82) is 0 Å². The number of aryl methyl sites for hydroxylation is 1. The highest BCUT2D eigenvalue weighted by Crippen LogP contribution is 2.36. The van der Waals surface area contributed by atoms with Crippen molar-refractivity contribution in [3.63, 3.8) is 0 Å². The number of benzene rings is 2. The maximum absolute atomic E-state index is 13.2. The molecule has 1 saturated heterocycles. The maximum Gasteiger partial charge on any atom is 0.439 e. The average Bonchev–Trinajstić information content (AvgIpc) is 3.50. The first-order valence-electron chi connectivity index (χ1n) is 12.2. The van der Waals surface area contributed by atoms with Crippen molar-refractivity contribution in [1.82, 2.24) is 15.1 Å². The van der Waals surface area contributed by atoms with Crippen molar-refractivity contribution < 1.29 is 22.4 Å². The molecule has 2 aromatic carbocycles. The number of aromatic nitrogens is 3. The minimum Gasteiger partial charge on any atom is -0.381 e. The number of rotatable bonds is 8. The fourth-order valence-electron chi connectivity index (χ4n) is 4.66. The van der Waals surface area contributed by atoms with Gasteiger partial charge in [-0.3, -0.25) is 9.51 Å². The maximum atomic E-state index is 13.2. The van der Waals surface area contributed by atoms with Crippen molar-refractivity contribution in [3.8, 4) is 11.4 Å². The van der Waals surface area contributed by atoms with Crippen LogP contribution < -0.4 is 10.7 Å². The molecular weight excluding hydrogens is 505 g/mol. The third-order valence-electron chi connectivity index (χ3n) is 6.78. The van der Waals surface area contributed by atoms with E-state index in [2.05, 4.69) is 24.5 Å². The number of thiazole rings is 1. The molecule has 2 aromatic heterocycles. The van der Waals surface area contributed by atoms with Crippen LogP contribution in [0.5, 0.6) is 0 Å². The number of fused-ring (bicyclic) bond motifs is 1. The summed E-state index contributed by atoms with van der Waals surface area (Å²) in [6.07, 6.45) is -0.635. The highest BCUT2D eigenvalue weighted by atomic mass is 32.1. The molecule has 0 aliphatic carbocycles. The molecule has 196 valence electrons. The van der Waals surface area contributed by atoms with Crippen molar-refractivity contribution in [3.05, 3.63) is 63.6 Å². The molecule has 3 heterocycles. The van der Waals surface area contributed by atoms with Gasteiger partial charge in [0.15, 0.2) is 11.0 Å². The lowest BCUT2D eigenvalue weighted by Gasteiger charge is -2.27. The molecule has 4 aromatic rings. The van der Waals surface area contributed by atoms with E-state index < -0.39 is 17.5 Å². The molecule has 0 atom stereocenters. The highest BCUT2D eigenvalue weighted by Gasteiger charge is 2.31. The topological polar surface area (TPSA) is 84.2 Å². The molecular formula is C26H27F3N4O3S. The van der Waals surface area contributed by atoms with Crippen molar-refractivity contribution in [2.75, 3.05) is 31.2 Å². The second-order valence-corrected chi connectivity index (χ2v) is 10.4. The molecule has 1 aliphatic heterocycles. The fourth-order valence-corrected chi connectivity index (χ4v) is 5.71. The number of aromatic amines is 1. The van der Waals surface area contributed by atoms with Gasteiger partial charge >= 0.3 is 11.9 Å². The van der Waals surface area contributed by atoms with Crippen LogP contribution in [0.1, 0.15) is 36.0 Å². The van der Waals surface area contributed by atoms with E-state index in [0.29, 0.717) is 28.5 Å². The van der Waals surface area contributed by atoms with Crippen LogP contribution >= 0.6 is 11.3 Å². The first kappa shape index (κ1) is 25.5. The van der Waals surface area contributed by atoms with E-state index in [4.69, 9.17) is 4.74 Å². The molecule has 0 spiro atoms. The molecule has 0 amide bonds. The van der Waals surface area contributed by atoms with Crippen molar-refractivity contribution >= 4 is 26.7 Å². The molecule has 5 rings (SSSR count). The fraction of sp³-hybridized carbons (Fsp3) is 0.423. The van der Waals surface area contributed by atoms with Gasteiger partial charge in [0.25, 0.3) is 0 Å². The van der Waals surface area contributed by atoms with E-state index in [1.165, 1.54) is 23.5 Å². The molecule has 0 bridgehead atoms. The number of ether oxygens (including phenoxy) is 1. The average molecular weight is 533 g/mol. The van der Waals surface area contributed by atoms with Gasteiger partial charge in [0.1, 0.15) is 0 Å². The van der Waals surface area contributed by atoms with Crippen LogP contribution in [0.4, 0.5) is 18.3 Å². The van der Waals surface area contributed by atoms with Gasteiger partial charge in [-0.05, 0) is 67.9 Å². The van der Waals surface area contributed by atoms with Crippen LogP contribution in [0.2, 0.25) is 0 Å². The van der Waals surface area contributed by atoms with E-state index in [9.17, 15) is 18.0 Å². The lowest BCUT2D eigenvalue weighted by atomic mass is 9.96. The van der Waals surface area contributed by atoms with Gasteiger partial charge < -0.3 is 9.64 Å². The van der Waals surface area contributed by atoms with Gasteiger partial charge in [-0.1, -0.05) is 34.7 Å². The zero-order chi connectivity index (χ0) is 26.0. The predicted octanol–water partition coefficient (Wildman–Crippen LogP) is 5.83. The summed E-state index contributed by atoms with van der Waals surface area (Å²) in [5, 5.41) is 4.50. The summed E-state index contributed by atoms with van der Waals surface area (Å²) in [6.45, 7) is 4.94. The lowest BCUT2D eigenvalue weighted by molar-refractivity contribution is -0.137. The Hall–Kier alpha value is -3.18. The molecule has 37 heavy (non-hydrogen) atoms. The zero-order valence-electron chi connectivity index (χ0n) is 20.3. The Kier molecular flexibility index (Phi) is 7.34. The quantitative estimate of drug-likeness (QED) is 0.307. The SMILES string of the molecule is Cc1cc(CCN(CCC2CCOCC2)c2nc3ccc(C(F)(F)F)cc3s2)ccc1-c1noc(=O)[nH]1. The minimum absolute atomic E-state index is 0.389. The van der Waals surface area contributed by atoms with Crippen LogP contribution in [-0.2, 0) is 17.3 Å². The largest absolute Gasteiger partial charge is 0.439 e. The Balaban J connectivity index is 1.35. The second kappa shape index (κ2) is 10.7. The number of nitrogens with one attached hydrogen (secondary N) is 1. The molecule has 1 N–H and O–H groups in total. The van der Waals surface area contributed by atoms with Crippen LogP contribution in [-0.4, -0.2) is 41.4 Å². The van der Waals surface area contributed by atoms with E-state index in [1.807, 2.05) is 25.1 Å². The molecule has 0 unspecified atom stereocenters. The van der Waals surface area contributed by atoms with Gasteiger partial charge in [0, 0.05) is 31.9 Å². The van der Waals surface area contributed by atoms with Gasteiger partial charge in [-0.15, -0.1) is 0 Å². The van der Waals surface area contributed by atoms with Gasteiger partial charge in [-0.2, -0.15) is 13.2 Å². The number of H-pyrrole nitrogens is 1. The smallest absolute Gasteiger partial charge is 0.381 e. The zero-order valence-corrected chi connectivity index (χ0v) is 21.1. The monoisotopic (exact) mass is 532 g/mol. The van der Waals surface area contributed by atoms with Gasteiger partial charge in [0.2, 0.25) is 0 Å². The summed E-state index contributed by atoms with van der Waals surface area (Å²) < 4.78 is 50.3. The lowest BCUT2D eigenvalue weighted by Crippen LogP contribution is -2.29. The van der Waals surface area contributed by atoms with Gasteiger partial charge in [-0.25, -0.2) is 9.78 Å². The first-order chi connectivity index (χ1) is 17.8. The predicted molar refractivity (Wildman–Crippen MR) is 136 cm³/mol. The number of hydrogen-bond acceptors (Lipinski definition) is 7. The van der Waals surface area contributed by atoms with E-state index in [-0.39, 0.29) is 0 Å². The summed E-state index contributed by atoms with van der Waals surface area (Å²) >= 11 is 1.30. The minimum atomic E-state index is -4.38.